The third-order valence-corrected chi connectivity index (χ3v) is 3.68. The lowest BCUT2D eigenvalue weighted by Gasteiger charge is -2.17. The first-order chi connectivity index (χ1) is 11.9. The van der Waals surface area contributed by atoms with Crippen LogP contribution in [-0.2, 0) is 0 Å². The summed E-state index contributed by atoms with van der Waals surface area (Å²) in [6.45, 7) is 1.80. The molecule has 0 saturated carbocycles. The molecule has 3 aromatic rings. The maximum absolute atomic E-state index is 13.8. The molecular weight excluding hydrogens is 332 g/mol. The lowest BCUT2D eigenvalue weighted by molar-refractivity contribution is 0.245. The Balaban J connectivity index is 2.03. The van der Waals surface area contributed by atoms with Crippen molar-refractivity contribution >= 4 is 11.7 Å². The summed E-state index contributed by atoms with van der Waals surface area (Å²) < 4.78 is 28.5. The van der Waals surface area contributed by atoms with E-state index in [1.165, 1.54) is 11.9 Å². The standard InChI is InChI=1S/C16H13F2N5O2/c1-10-6-3-4-9-13(10)21(2)15(24)23-16(25)22(19-20-23)14-11(17)7-5-8-12(14)18/h3-9H,1-2H3. The summed E-state index contributed by atoms with van der Waals surface area (Å²) in [7, 11) is 1.46. The van der Waals surface area contributed by atoms with Crippen molar-refractivity contribution in [1.29, 1.82) is 0 Å². The molecule has 0 bridgehead atoms. The van der Waals surface area contributed by atoms with Gasteiger partial charge in [0.05, 0.1) is 0 Å². The Morgan fingerprint density at radius 1 is 1.04 bits per heavy atom. The zero-order valence-corrected chi connectivity index (χ0v) is 13.3. The van der Waals surface area contributed by atoms with Crippen molar-refractivity contribution in [2.45, 2.75) is 6.92 Å². The lowest BCUT2D eigenvalue weighted by atomic mass is 10.2. The zero-order chi connectivity index (χ0) is 18.1. The van der Waals surface area contributed by atoms with Gasteiger partial charge in [0.2, 0.25) is 0 Å². The minimum atomic E-state index is -1.07. The number of hydrogen-bond acceptors (Lipinski definition) is 4. The first-order valence-corrected chi connectivity index (χ1v) is 7.25. The van der Waals surface area contributed by atoms with E-state index in [1.54, 1.807) is 31.2 Å². The van der Waals surface area contributed by atoms with Crippen LogP contribution in [0.25, 0.3) is 5.69 Å². The van der Waals surface area contributed by atoms with Crippen molar-refractivity contribution in [3.05, 3.63) is 70.1 Å². The highest BCUT2D eigenvalue weighted by Crippen LogP contribution is 2.18. The summed E-state index contributed by atoms with van der Waals surface area (Å²) in [5.74, 6) is -1.98. The number of aromatic nitrogens is 4. The largest absolute Gasteiger partial charge is 0.377 e. The van der Waals surface area contributed by atoms with Crippen molar-refractivity contribution in [2.75, 3.05) is 11.9 Å². The van der Waals surface area contributed by atoms with E-state index in [9.17, 15) is 18.4 Å². The smallest absolute Gasteiger partial charge is 0.295 e. The van der Waals surface area contributed by atoms with Crippen molar-refractivity contribution < 1.29 is 13.6 Å². The summed E-state index contributed by atoms with van der Waals surface area (Å²) in [4.78, 5) is 26.1. The molecule has 0 spiro atoms. The van der Waals surface area contributed by atoms with E-state index in [4.69, 9.17) is 0 Å². The van der Waals surface area contributed by atoms with E-state index in [0.29, 0.717) is 15.1 Å². The van der Waals surface area contributed by atoms with E-state index < -0.39 is 29.0 Å². The van der Waals surface area contributed by atoms with E-state index in [-0.39, 0.29) is 0 Å². The minimum absolute atomic E-state index is 0.411. The average Bonchev–Trinajstić information content (AvgIpc) is 2.95. The van der Waals surface area contributed by atoms with Crippen LogP contribution >= 0.6 is 0 Å². The molecule has 0 N–H and O–H groups in total. The molecule has 1 heterocycles. The highest BCUT2D eigenvalue weighted by atomic mass is 19.1. The summed E-state index contributed by atoms with van der Waals surface area (Å²) in [6, 6.07) is 9.34. The van der Waals surface area contributed by atoms with Gasteiger partial charge in [-0.1, -0.05) is 24.3 Å². The first-order valence-electron chi connectivity index (χ1n) is 7.25. The molecule has 0 unspecified atom stereocenters. The topological polar surface area (TPSA) is 73.0 Å². The van der Waals surface area contributed by atoms with Crippen LogP contribution in [-0.4, -0.2) is 32.9 Å². The molecule has 128 valence electrons. The number of carbonyl (C=O) groups is 1. The van der Waals surface area contributed by atoms with Crippen LogP contribution in [0.5, 0.6) is 0 Å². The number of benzene rings is 2. The number of halogens is 2. The highest BCUT2D eigenvalue weighted by molar-refractivity contribution is 5.93. The zero-order valence-electron chi connectivity index (χ0n) is 13.3. The molecule has 1 aromatic heterocycles. The molecule has 0 radical (unpaired) electrons. The maximum atomic E-state index is 13.8. The minimum Gasteiger partial charge on any atom is -0.295 e. The second-order valence-electron chi connectivity index (χ2n) is 5.28. The Hall–Kier alpha value is -3.36. The van der Waals surface area contributed by atoms with E-state index >= 15 is 0 Å². The molecule has 9 heteroatoms. The molecule has 0 aliphatic carbocycles. The van der Waals surface area contributed by atoms with Gasteiger partial charge in [0.1, 0.15) is 5.69 Å². The van der Waals surface area contributed by atoms with Crippen molar-refractivity contribution in [2.24, 2.45) is 0 Å². The number of anilines is 1. The van der Waals surface area contributed by atoms with Crippen LogP contribution < -0.4 is 10.6 Å². The number of aryl methyl sites for hydroxylation is 1. The molecule has 3 rings (SSSR count). The monoisotopic (exact) mass is 345 g/mol. The molecule has 0 atom stereocenters. The van der Waals surface area contributed by atoms with Crippen molar-refractivity contribution in [3.63, 3.8) is 0 Å². The van der Waals surface area contributed by atoms with Crippen LogP contribution in [0.4, 0.5) is 19.3 Å². The van der Waals surface area contributed by atoms with Gasteiger partial charge in [0, 0.05) is 12.7 Å². The second-order valence-corrected chi connectivity index (χ2v) is 5.28. The van der Waals surface area contributed by atoms with Gasteiger partial charge in [-0.15, -0.1) is 4.68 Å². The fourth-order valence-electron chi connectivity index (χ4n) is 2.38. The number of para-hydroxylation sites is 2. The van der Waals surface area contributed by atoms with Gasteiger partial charge in [-0.2, -0.15) is 4.68 Å². The Kier molecular flexibility index (Phi) is 4.14. The second kappa shape index (κ2) is 6.27. The fraction of sp³-hybridized carbons (Fsp3) is 0.125. The highest BCUT2D eigenvalue weighted by Gasteiger charge is 2.23. The molecule has 1 amide bonds. The molecule has 7 nitrogen and oxygen atoms in total. The molecule has 2 aromatic carbocycles. The molecule has 0 fully saturated rings. The SMILES string of the molecule is Cc1ccccc1N(C)C(=O)n1nnn(-c2c(F)cccc2F)c1=O. The summed E-state index contributed by atoms with van der Waals surface area (Å²) in [6.07, 6.45) is 0. The first kappa shape index (κ1) is 16.5. The van der Waals surface area contributed by atoms with Gasteiger partial charge in [-0.25, -0.2) is 18.4 Å². The van der Waals surface area contributed by atoms with Gasteiger partial charge in [0.25, 0.3) is 0 Å². The Bertz CT molecular complexity index is 992. The Labute approximate surface area is 140 Å². The van der Waals surface area contributed by atoms with Gasteiger partial charge in [0.15, 0.2) is 11.6 Å². The van der Waals surface area contributed by atoms with Crippen molar-refractivity contribution in [1.82, 2.24) is 19.8 Å². The van der Waals surface area contributed by atoms with Crippen LogP contribution in [0.3, 0.4) is 0 Å². The van der Waals surface area contributed by atoms with Gasteiger partial charge >= 0.3 is 11.7 Å². The van der Waals surface area contributed by atoms with Crippen LogP contribution in [0, 0.1) is 18.6 Å². The third-order valence-electron chi connectivity index (χ3n) is 3.68. The van der Waals surface area contributed by atoms with Gasteiger partial charge in [-0.05, 0) is 41.1 Å². The number of rotatable bonds is 2. The molecule has 0 saturated heterocycles. The summed E-state index contributed by atoms with van der Waals surface area (Å²) in [5, 5.41) is 6.86. The normalized spacial score (nSPS) is 10.7. The number of amides is 1. The van der Waals surface area contributed by atoms with E-state index in [2.05, 4.69) is 10.4 Å². The van der Waals surface area contributed by atoms with Gasteiger partial charge < -0.3 is 0 Å². The van der Waals surface area contributed by atoms with Gasteiger partial charge in [-0.3, -0.25) is 4.90 Å². The molecular formula is C16H13F2N5O2. The third kappa shape index (κ3) is 2.80. The Morgan fingerprint density at radius 2 is 1.68 bits per heavy atom. The number of tetrazole rings is 1. The van der Waals surface area contributed by atoms with E-state index in [0.717, 1.165) is 23.8 Å². The summed E-state index contributed by atoms with van der Waals surface area (Å²) >= 11 is 0. The van der Waals surface area contributed by atoms with Crippen molar-refractivity contribution in [3.8, 4) is 5.69 Å². The fourth-order valence-corrected chi connectivity index (χ4v) is 2.38. The molecule has 0 aliphatic heterocycles. The number of carbonyl (C=O) groups excluding carboxylic acids is 1. The predicted octanol–water partition coefficient (Wildman–Crippen LogP) is 2.12. The van der Waals surface area contributed by atoms with Crippen LogP contribution in [0.1, 0.15) is 5.56 Å². The maximum Gasteiger partial charge on any atom is 0.377 e. The average molecular weight is 345 g/mol. The molecule has 0 aliphatic rings. The number of hydrogen-bond donors (Lipinski definition) is 0. The lowest BCUT2D eigenvalue weighted by Crippen LogP contribution is -2.39. The quantitative estimate of drug-likeness (QED) is 0.667. The number of nitrogens with zero attached hydrogens (tertiary/aromatic N) is 5. The molecule has 25 heavy (non-hydrogen) atoms. The van der Waals surface area contributed by atoms with Crippen LogP contribution in [0.2, 0.25) is 0 Å². The van der Waals surface area contributed by atoms with E-state index in [1.807, 2.05) is 0 Å². The Morgan fingerprint density at radius 3 is 2.32 bits per heavy atom. The summed E-state index contributed by atoms with van der Waals surface area (Å²) in [5.41, 5.74) is -0.399. The predicted molar refractivity (Wildman–Crippen MR) is 85.9 cm³/mol. The van der Waals surface area contributed by atoms with Crippen LogP contribution in [0.15, 0.2) is 47.3 Å².